The van der Waals surface area contributed by atoms with Gasteiger partial charge < -0.3 is 9.73 Å². The number of nitrogens with one attached hydrogen (secondary N) is 1. The van der Waals surface area contributed by atoms with Crippen LogP contribution in [0.3, 0.4) is 0 Å². The number of piperidine rings is 1. The lowest BCUT2D eigenvalue weighted by molar-refractivity contribution is 0.264. The average molecular weight is 251 g/mol. The number of nitrogens with zero attached hydrogens (tertiary/aromatic N) is 1. The summed E-state index contributed by atoms with van der Waals surface area (Å²) in [7, 11) is 0. The van der Waals surface area contributed by atoms with Crippen LogP contribution in [0, 0.1) is 5.92 Å². The van der Waals surface area contributed by atoms with Crippen LogP contribution < -0.4 is 5.32 Å². The van der Waals surface area contributed by atoms with Crippen molar-refractivity contribution < 1.29 is 4.42 Å². The summed E-state index contributed by atoms with van der Waals surface area (Å²) >= 11 is 5.94. The van der Waals surface area contributed by atoms with Gasteiger partial charge in [-0.2, -0.15) is 0 Å². The van der Waals surface area contributed by atoms with Gasteiger partial charge in [0, 0.05) is 11.1 Å². The summed E-state index contributed by atoms with van der Waals surface area (Å²) in [4.78, 5) is 4.54. The first-order valence-corrected chi connectivity index (χ1v) is 6.41. The molecule has 2 heterocycles. The normalized spacial score (nSPS) is 25.3. The van der Waals surface area contributed by atoms with Crippen molar-refractivity contribution in [2.24, 2.45) is 5.92 Å². The molecule has 0 saturated carbocycles. The van der Waals surface area contributed by atoms with Gasteiger partial charge in [0.15, 0.2) is 5.58 Å². The number of hydrogen-bond donors (Lipinski definition) is 1. The summed E-state index contributed by atoms with van der Waals surface area (Å²) in [5.74, 6) is 1.35. The van der Waals surface area contributed by atoms with Crippen molar-refractivity contribution in [1.82, 2.24) is 10.3 Å². The molecule has 0 spiro atoms. The highest BCUT2D eigenvalue weighted by Crippen LogP contribution is 2.31. The van der Waals surface area contributed by atoms with E-state index in [1.807, 2.05) is 18.2 Å². The molecule has 3 nitrogen and oxygen atoms in total. The summed E-state index contributed by atoms with van der Waals surface area (Å²) in [6, 6.07) is 5.79. The van der Waals surface area contributed by atoms with Crippen molar-refractivity contribution in [2.45, 2.75) is 25.8 Å². The Hall–Kier alpha value is -1.06. The van der Waals surface area contributed by atoms with Crippen LogP contribution in [-0.4, -0.2) is 11.5 Å². The number of benzene rings is 1. The van der Waals surface area contributed by atoms with Crippen LogP contribution >= 0.6 is 11.6 Å². The minimum atomic E-state index is 0.231. The highest BCUT2D eigenvalue weighted by molar-refractivity contribution is 6.31. The number of halogens is 1. The maximum atomic E-state index is 5.94. The Balaban J connectivity index is 1.99. The van der Waals surface area contributed by atoms with Crippen molar-refractivity contribution in [2.75, 3.05) is 6.54 Å². The molecule has 1 aromatic heterocycles. The van der Waals surface area contributed by atoms with E-state index in [0.717, 1.165) is 23.5 Å². The van der Waals surface area contributed by atoms with Gasteiger partial charge in [0.05, 0.1) is 6.04 Å². The molecule has 2 aromatic rings. The highest BCUT2D eigenvalue weighted by atomic mass is 35.5. The van der Waals surface area contributed by atoms with Gasteiger partial charge in [0.2, 0.25) is 5.89 Å². The molecular weight excluding hydrogens is 236 g/mol. The van der Waals surface area contributed by atoms with Crippen molar-refractivity contribution >= 4 is 22.7 Å². The molecule has 90 valence electrons. The zero-order chi connectivity index (χ0) is 11.8. The Morgan fingerprint density at radius 3 is 3.18 bits per heavy atom. The molecule has 0 amide bonds. The fourth-order valence-corrected chi connectivity index (χ4v) is 2.59. The molecule has 1 N–H and O–H groups in total. The summed E-state index contributed by atoms with van der Waals surface area (Å²) < 4.78 is 5.80. The molecule has 0 aliphatic carbocycles. The van der Waals surface area contributed by atoms with E-state index in [1.165, 1.54) is 12.8 Å². The van der Waals surface area contributed by atoms with Gasteiger partial charge in [0.1, 0.15) is 5.52 Å². The Labute approximate surface area is 105 Å². The van der Waals surface area contributed by atoms with Crippen molar-refractivity contribution in [1.29, 1.82) is 0 Å². The van der Waals surface area contributed by atoms with E-state index in [0.29, 0.717) is 10.9 Å². The molecule has 2 unspecified atom stereocenters. The van der Waals surface area contributed by atoms with Gasteiger partial charge in [-0.3, -0.25) is 0 Å². The lowest BCUT2D eigenvalue weighted by Gasteiger charge is -2.27. The highest BCUT2D eigenvalue weighted by Gasteiger charge is 2.26. The fraction of sp³-hybridized carbons (Fsp3) is 0.462. The lowest BCUT2D eigenvalue weighted by Crippen LogP contribution is -2.32. The SMILES string of the molecule is CC1CCCNC1c1nc2ccc(Cl)cc2o1. The number of rotatable bonds is 1. The van der Waals surface area contributed by atoms with Gasteiger partial charge in [-0.05, 0) is 37.4 Å². The van der Waals surface area contributed by atoms with Crippen LogP contribution in [0.5, 0.6) is 0 Å². The van der Waals surface area contributed by atoms with Gasteiger partial charge in [0.25, 0.3) is 0 Å². The molecule has 17 heavy (non-hydrogen) atoms. The van der Waals surface area contributed by atoms with Crippen molar-refractivity contribution in [3.8, 4) is 0 Å². The molecular formula is C13H15ClN2O. The Bertz CT molecular complexity index is 537. The molecule has 1 saturated heterocycles. The number of fused-ring (bicyclic) bond motifs is 1. The van der Waals surface area contributed by atoms with E-state index >= 15 is 0 Å². The van der Waals surface area contributed by atoms with Crippen LogP contribution in [0.15, 0.2) is 22.6 Å². The zero-order valence-electron chi connectivity index (χ0n) is 9.74. The maximum Gasteiger partial charge on any atom is 0.212 e. The summed E-state index contributed by atoms with van der Waals surface area (Å²) in [5, 5.41) is 4.16. The predicted octanol–water partition coefficient (Wildman–Crippen LogP) is 3.54. The van der Waals surface area contributed by atoms with E-state index in [1.54, 1.807) is 0 Å². The van der Waals surface area contributed by atoms with Gasteiger partial charge in [-0.15, -0.1) is 0 Å². The van der Waals surface area contributed by atoms with Gasteiger partial charge >= 0.3 is 0 Å². The van der Waals surface area contributed by atoms with Crippen LogP contribution in [0.1, 0.15) is 31.7 Å². The summed E-state index contributed by atoms with van der Waals surface area (Å²) in [6.45, 7) is 3.27. The fourth-order valence-electron chi connectivity index (χ4n) is 2.43. The van der Waals surface area contributed by atoms with E-state index in [9.17, 15) is 0 Å². The minimum absolute atomic E-state index is 0.231. The van der Waals surface area contributed by atoms with E-state index in [2.05, 4.69) is 17.2 Å². The van der Waals surface area contributed by atoms with Crippen molar-refractivity contribution in [3.63, 3.8) is 0 Å². The standard InChI is InChI=1S/C13H15ClN2O/c1-8-3-2-6-15-12(8)13-16-10-5-4-9(14)7-11(10)17-13/h4-5,7-8,12,15H,2-3,6H2,1H3. The molecule has 0 bridgehead atoms. The number of hydrogen-bond acceptors (Lipinski definition) is 3. The number of oxazole rings is 1. The van der Waals surface area contributed by atoms with Crippen LogP contribution in [0.25, 0.3) is 11.1 Å². The molecule has 1 aromatic carbocycles. The molecule has 1 aliphatic rings. The lowest BCUT2D eigenvalue weighted by atomic mass is 9.93. The molecule has 1 fully saturated rings. The first-order chi connectivity index (χ1) is 8.24. The van der Waals surface area contributed by atoms with Gasteiger partial charge in [-0.1, -0.05) is 18.5 Å². The third-order valence-electron chi connectivity index (χ3n) is 3.40. The number of aromatic nitrogens is 1. The Kier molecular flexibility index (Phi) is 2.81. The molecule has 3 rings (SSSR count). The topological polar surface area (TPSA) is 38.1 Å². The van der Waals surface area contributed by atoms with E-state index < -0.39 is 0 Å². The van der Waals surface area contributed by atoms with E-state index in [-0.39, 0.29) is 6.04 Å². The second-order valence-corrected chi connectivity index (χ2v) is 5.15. The van der Waals surface area contributed by atoms with E-state index in [4.69, 9.17) is 16.0 Å². The molecule has 2 atom stereocenters. The second kappa shape index (κ2) is 4.31. The van der Waals surface area contributed by atoms with Crippen LogP contribution in [-0.2, 0) is 0 Å². The first-order valence-electron chi connectivity index (χ1n) is 6.03. The van der Waals surface area contributed by atoms with Gasteiger partial charge in [-0.25, -0.2) is 4.98 Å². The zero-order valence-corrected chi connectivity index (χ0v) is 10.5. The van der Waals surface area contributed by atoms with Crippen LogP contribution in [0.2, 0.25) is 5.02 Å². The third kappa shape index (κ3) is 2.05. The minimum Gasteiger partial charge on any atom is -0.439 e. The summed E-state index contributed by atoms with van der Waals surface area (Å²) in [6.07, 6.45) is 2.45. The summed E-state index contributed by atoms with van der Waals surface area (Å²) in [5.41, 5.74) is 1.65. The first kappa shape index (κ1) is 11.1. The quantitative estimate of drug-likeness (QED) is 0.841. The largest absolute Gasteiger partial charge is 0.439 e. The average Bonchev–Trinajstić information content (AvgIpc) is 2.72. The smallest absolute Gasteiger partial charge is 0.212 e. The molecule has 0 radical (unpaired) electrons. The Morgan fingerprint density at radius 2 is 2.35 bits per heavy atom. The van der Waals surface area contributed by atoms with Crippen LogP contribution in [0.4, 0.5) is 0 Å². The van der Waals surface area contributed by atoms with Crippen molar-refractivity contribution in [3.05, 3.63) is 29.1 Å². The molecule has 4 heteroatoms. The molecule has 1 aliphatic heterocycles. The third-order valence-corrected chi connectivity index (χ3v) is 3.64. The monoisotopic (exact) mass is 250 g/mol. The second-order valence-electron chi connectivity index (χ2n) is 4.72. The predicted molar refractivity (Wildman–Crippen MR) is 68.2 cm³/mol. The maximum absolute atomic E-state index is 5.94. The Morgan fingerprint density at radius 1 is 1.47 bits per heavy atom.